The number of carbonyl (C=O) groups excluding carboxylic acids is 1. The zero-order valence-electron chi connectivity index (χ0n) is 17.8. The fourth-order valence-electron chi connectivity index (χ4n) is 3.43. The van der Waals surface area contributed by atoms with Gasteiger partial charge in [-0.1, -0.05) is 0 Å². The van der Waals surface area contributed by atoms with E-state index in [1.807, 2.05) is 46.2 Å². The number of ether oxygens (including phenoxy) is 2. The first-order chi connectivity index (χ1) is 14.3. The third-order valence-electron chi connectivity index (χ3n) is 4.83. The second-order valence-corrected chi connectivity index (χ2v) is 9.71. The van der Waals surface area contributed by atoms with Crippen molar-refractivity contribution in [3.05, 3.63) is 29.7 Å². The molecule has 0 spiro atoms. The first-order valence-electron chi connectivity index (χ1n) is 10.2. The van der Waals surface area contributed by atoms with Gasteiger partial charge in [-0.15, -0.1) is 11.3 Å². The third-order valence-corrected chi connectivity index (χ3v) is 5.77. The van der Waals surface area contributed by atoms with Crippen LogP contribution in [0, 0.1) is 6.92 Å². The van der Waals surface area contributed by atoms with Crippen LogP contribution in [-0.4, -0.2) is 55.4 Å². The summed E-state index contributed by atoms with van der Waals surface area (Å²) in [4.78, 5) is 24.3. The Morgan fingerprint density at radius 1 is 1.27 bits per heavy atom. The first kappa shape index (κ1) is 20.6. The number of amides is 1. The molecule has 0 bridgehead atoms. The molecule has 9 heteroatoms. The molecule has 0 N–H and O–H groups in total. The Kier molecular flexibility index (Phi) is 5.64. The molecule has 0 saturated carbocycles. The zero-order valence-corrected chi connectivity index (χ0v) is 18.6. The van der Waals surface area contributed by atoms with E-state index in [1.165, 1.54) is 0 Å². The van der Waals surface area contributed by atoms with Crippen molar-refractivity contribution >= 4 is 22.9 Å². The minimum Gasteiger partial charge on any atom is -0.473 e. The summed E-state index contributed by atoms with van der Waals surface area (Å²) >= 11 is 1.59. The molecule has 0 unspecified atom stereocenters. The van der Waals surface area contributed by atoms with Gasteiger partial charge in [0.25, 0.3) is 0 Å². The van der Waals surface area contributed by atoms with Crippen LogP contribution in [0.2, 0.25) is 0 Å². The Hall–Kier alpha value is -2.68. The predicted octanol–water partition coefficient (Wildman–Crippen LogP) is 4.33. The van der Waals surface area contributed by atoms with E-state index in [4.69, 9.17) is 14.5 Å². The molecule has 4 rings (SSSR count). The van der Waals surface area contributed by atoms with Crippen molar-refractivity contribution in [2.75, 3.05) is 13.1 Å². The predicted molar refractivity (Wildman–Crippen MR) is 115 cm³/mol. The Bertz CT molecular complexity index is 1040. The van der Waals surface area contributed by atoms with Crippen molar-refractivity contribution < 1.29 is 14.3 Å². The topological polar surface area (TPSA) is 81.9 Å². The van der Waals surface area contributed by atoms with Crippen LogP contribution >= 0.6 is 11.3 Å². The monoisotopic (exact) mass is 429 g/mol. The van der Waals surface area contributed by atoms with Gasteiger partial charge in [0, 0.05) is 25.7 Å². The van der Waals surface area contributed by atoms with Gasteiger partial charge in [-0.2, -0.15) is 5.10 Å². The maximum atomic E-state index is 12.4. The van der Waals surface area contributed by atoms with Gasteiger partial charge in [0.2, 0.25) is 5.88 Å². The van der Waals surface area contributed by atoms with Gasteiger partial charge < -0.3 is 14.4 Å². The molecular formula is C21H27N5O3S. The second kappa shape index (κ2) is 8.22. The number of rotatable bonds is 3. The molecule has 30 heavy (non-hydrogen) atoms. The molecule has 1 amide bonds. The van der Waals surface area contributed by atoms with Gasteiger partial charge >= 0.3 is 6.09 Å². The van der Waals surface area contributed by atoms with Crippen LogP contribution < -0.4 is 4.74 Å². The quantitative estimate of drug-likeness (QED) is 0.616. The summed E-state index contributed by atoms with van der Waals surface area (Å²) in [5.41, 5.74) is 1.12. The number of fused-ring (bicyclic) bond motifs is 1. The van der Waals surface area contributed by atoms with Crippen LogP contribution in [-0.2, 0) is 4.74 Å². The minimum atomic E-state index is -0.494. The van der Waals surface area contributed by atoms with Crippen LogP contribution in [0.1, 0.15) is 45.0 Å². The maximum Gasteiger partial charge on any atom is 0.410 e. The van der Waals surface area contributed by atoms with E-state index in [0.717, 1.165) is 40.4 Å². The van der Waals surface area contributed by atoms with Crippen molar-refractivity contribution in [2.24, 2.45) is 0 Å². The molecule has 0 radical (unpaired) electrons. The van der Waals surface area contributed by atoms with Gasteiger partial charge in [0.05, 0.1) is 22.3 Å². The molecule has 1 aliphatic heterocycles. The summed E-state index contributed by atoms with van der Waals surface area (Å²) in [5.74, 6) is 0.562. The van der Waals surface area contributed by atoms with Gasteiger partial charge in [-0.3, -0.25) is 0 Å². The Morgan fingerprint density at radius 2 is 2.10 bits per heavy atom. The number of aromatic nitrogens is 4. The zero-order chi connectivity index (χ0) is 21.3. The lowest BCUT2D eigenvalue weighted by molar-refractivity contribution is 0.0252. The van der Waals surface area contributed by atoms with Crippen molar-refractivity contribution in [1.82, 2.24) is 24.5 Å². The van der Waals surface area contributed by atoms with Crippen molar-refractivity contribution in [3.8, 4) is 16.5 Å². The summed E-state index contributed by atoms with van der Waals surface area (Å²) in [7, 11) is 0. The SMILES string of the molecule is Cc1ncc(-c2cn3nccc3c(O[C@@H]3CCCN(C(=O)OC(C)(C)C)CC3)n2)s1. The fraction of sp³-hybridized carbons (Fsp3) is 0.524. The number of hydrogen-bond donors (Lipinski definition) is 0. The molecule has 3 aromatic heterocycles. The van der Waals surface area contributed by atoms with Crippen LogP contribution in [0.25, 0.3) is 16.1 Å². The minimum absolute atomic E-state index is 0.0258. The number of hydrogen-bond acceptors (Lipinski definition) is 7. The summed E-state index contributed by atoms with van der Waals surface area (Å²) in [6.45, 7) is 8.89. The third kappa shape index (κ3) is 4.72. The number of carbonyl (C=O) groups is 1. The van der Waals surface area contributed by atoms with Crippen molar-refractivity contribution in [1.29, 1.82) is 0 Å². The van der Waals surface area contributed by atoms with E-state index in [1.54, 1.807) is 26.9 Å². The Labute approximate surface area is 179 Å². The van der Waals surface area contributed by atoms with Crippen LogP contribution in [0.3, 0.4) is 0 Å². The lowest BCUT2D eigenvalue weighted by atomic mass is 10.1. The highest BCUT2D eigenvalue weighted by Crippen LogP contribution is 2.29. The maximum absolute atomic E-state index is 12.4. The highest BCUT2D eigenvalue weighted by atomic mass is 32.1. The van der Waals surface area contributed by atoms with Crippen molar-refractivity contribution in [3.63, 3.8) is 0 Å². The van der Waals surface area contributed by atoms with Crippen molar-refractivity contribution in [2.45, 2.75) is 58.7 Å². The molecule has 0 aromatic carbocycles. The van der Waals surface area contributed by atoms with E-state index in [-0.39, 0.29) is 12.2 Å². The van der Waals surface area contributed by atoms with Crippen LogP contribution in [0.5, 0.6) is 5.88 Å². The highest BCUT2D eigenvalue weighted by molar-refractivity contribution is 7.15. The normalized spacial score (nSPS) is 17.7. The number of nitrogens with zero attached hydrogens (tertiary/aromatic N) is 5. The largest absolute Gasteiger partial charge is 0.473 e. The summed E-state index contributed by atoms with van der Waals surface area (Å²) in [6, 6.07) is 1.90. The fourth-order valence-corrected chi connectivity index (χ4v) is 4.17. The summed E-state index contributed by atoms with van der Waals surface area (Å²) < 4.78 is 13.6. The number of thiazole rings is 1. The lowest BCUT2D eigenvalue weighted by Gasteiger charge is -2.26. The molecule has 1 aliphatic rings. The Balaban J connectivity index is 1.50. The first-order valence-corrected chi connectivity index (χ1v) is 11.0. The molecule has 160 valence electrons. The van der Waals surface area contributed by atoms with Gasteiger partial charge in [0.1, 0.15) is 22.9 Å². The Morgan fingerprint density at radius 3 is 2.83 bits per heavy atom. The van der Waals surface area contributed by atoms with E-state index < -0.39 is 5.60 Å². The summed E-state index contributed by atoms with van der Waals surface area (Å²) in [5, 5.41) is 5.35. The molecule has 8 nitrogen and oxygen atoms in total. The van der Waals surface area contributed by atoms with E-state index in [0.29, 0.717) is 19.0 Å². The summed E-state index contributed by atoms with van der Waals surface area (Å²) in [6.07, 6.45) is 7.61. The number of likely N-dealkylation sites (tertiary alicyclic amines) is 1. The molecular weight excluding hydrogens is 402 g/mol. The molecule has 3 aromatic rings. The molecule has 1 saturated heterocycles. The molecule has 1 atom stereocenters. The lowest BCUT2D eigenvalue weighted by Crippen LogP contribution is -2.37. The van der Waals surface area contributed by atoms with Crippen LogP contribution in [0.4, 0.5) is 4.79 Å². The standard InChI is InChI=1S/C21H27N5O3S/c1-14-22-12-18(30-14)16-13-26-17(7-9-23-26)19(24-16)28-15-6-5-10-25(11-8-15)20(27)29-21(2,3)4/h7,9,12-13,15H,5-6,8,10-11H2,1-4H3/t15-/m1/s1. The second-order valence-electron chi connectivity index (χ2n) is 8.47. The average molecular weight is 430 g/mol. The molecule has 0 aliphatic carbocycles. The van der Waals surface area contributed by atoms with E-state index >= 15 is 0 Å². The molecule has 1 fully saturated rings. The van der Waals surface area contributed by atoms with Gasteiger partial charge in [-0.05, 0) is 46.6 Å². The molecule has 4 heterocycles. The smallest absolute Gasteiger partial charge is 0.410 e. The number of aryl methyl sites for hydroxylation is 1. The van der Waals surface area contributed by atoms with E-state index in [2.05, 4.69) is 10.1 Å². The van der Waals surface area contributed by atoms with E-state index in [9.17, 15) is 4.79 Å². The van der Waals surface area contributed by atoms with Crippen LogP contribution in [0.15, 0.2) is 24.7 Å². The van der Waals surface area contributed by atoms with Gasteiger partial charge in [-0.25, -0.2) is 19.3 Å². The van der Waals surface area contributed by atoms with Gasteiger partial charge in [0.15, 0.2) is 0 Å². The average Bonchev–Trinajstić information content (AvgIpc) is 3.25. The highest BCUT2D eigenvalue weighted by Gasteiger charge is 2.26.